The van der Waals surface area contributed by atoms with Gasteiger partial charge >= 0.3 is 0 Å². The molecule has 1 rings (SSSR count). The summed E-state index contributed by atoms with van der Waals surface area (Å²) in [5.74, 6) is 2.47. The van der Waals surface area contributed by atoms with Crippen molar-refractivity contribution >= 4 is 0 Å². The molecule has 0 aromatic carbocycles. The van der Waals surface area contributed by atoms with E-state index in [0.717, 1.165) is 11.8 Å². The van der Waals surface area contributed by atoms with Crippen molar-refractivity contribution < 1.29 is 5.11 Å². The normalized spacial score (nSPS) is 31.6. The molecule has 0 saturated heterocycles. The molecule has 0 heterocycles. The van der Waals surface area contributed by atoms with Crippen molar-refractivity contribution in [1.82, 2.24) is 0 Å². The summed E-state index contributed by atoms with van der Waals surface area (Å²) in [4.78, 5) is 0. The van der Waals surface area contributed by atoms with Gasteiger partial charge in [-0.05, 0) is 37.0 Å². The zero-order valence-electron chi connectivity index (χ0n) is 9.13. The van der Waals surface area contributed by atoms with Crippen molar-refractivity contribution in [2.45, 2.75) is 52.4 Å². The molecule has 1 aliphatic rings. The van der Waals surface area contributed by atoms with Gasteiger partial charge in [0, 0.05) is 6.61 Å². The number of aliphatic hydroxyl groups excluding tert-OH is 1. The van der Waals surface area contributed by atoms with Crippen LogP contribution >= 0.6 is 0 Å². The summed E-state index contributed by atoms with van der Waals surface area (Å²) in [6, 6.07) is 0. The van der Waals surface area contributed by atoms with Crippen LogP contribution in [0.1, 0.15) is 52.4 Å². The Balaban J connectivity index is 2.17. The lowest BCUT2D eigenvalue weighted by Gasteiger charge is -2.28. The van der Waals surface area contributed by atoms with Crippen LogP contribution in [0.4, 0.5) is 0 Å². The van der Waals surface area contributed by atoms with E-state index in [1.165, 1.54) is 38.5 Å². The van der Waals surface area contributed by atoms with Gasteiger partial charge in [-0.2, -0.15) is 0 Å². The molecule has 0 amide bonds. The summed E-state index contributed by atoms with van der Waals surface area (Å²) in [6.45, 7) is 5.05. The summed E-state index contributed by atoms with van der Waals surface area (Å²) in [5.41, 5.74) is 0. The van der Waals surface area contributed by atoms with E-state index in [-0.39, 0.29) is 0 Å². The lowest BCUT2D eigenvalue weighted by molar-refractivity contribution is 0.158. The largest absolute Gasteiger partial charge is 0.396 e. The van der Waals surface area contributed by atoms with Gasteiger partial charge in [0.2, 0.25) is 0 Å². The molecule has 1 atom stereocenters. The summed E-state index contributed by atoms with van der Waals surface area (Å²) in [6.07, 6.45) is 7.97. The average molecular weight is 184 g/mol. The van der Waals surface area contributed by atoms with Gasteiger partial charge in [0.05, 0.1) is 0 Å². The minimum absolute atomic E-state index is 0.413. The van der Waals surface area contributed by atoms with Gasteiger partial charge in [-0.1, -0.05) is 33.1 Å². The molecule has 0 aliphatic heterocycles. The highest BCUT2D eigenvalue weighted by molar-refractivity contribution is 4.73. The molecular formula is C12H24O. The van der Waals surface area contributed by atoms with E-state index in [0.29, 0.717) is 12.5 Å². The summed E-state index contributed by atoms with van der Waals surface area (Å²) in [5, 5.41) is 9.01. The van der Waals surface area contributed by atoms with Crippen molar-refractivity contribution in [3.05, 3.63) is 0 Å². The second-order valence-electron chi connectivity index (χ2n) is 4.82. The molecule has 1 unspecified atom stereocenters. The third kappa shape index (κ3) is 3.68. The van der Waals surface area contributed by atoms with Crippen molar-refractivity contribution in [2.75, 3.05) is 6.61 Å². The monoisotopic (exact) mass is 184 g/mol. The van der Waals surface area contributed by atoms with Gasteiger partial charge in [-0.25, -0.2) is 0 Å². The molecular weight excluding hydrogens is 160 g/mol. The Morgan fingerprint density at radius 2 is 1.69 bits per heavy atom. The maximum absolute atomic E-state index is 9.01. The molecule has 1 aliphatic carbocycles. The average Bonchev–Trinajstić information content (AvgIpc) is 2.19. The maximum atomic E-state index is 9.01. The van der Waals surface area contributed by atoms with Crippen LogP contribution in [0.25, 0.3) is 0 Å². The smallest absolute Gasteiger partial charge is 0.0459 e. The zero-order chi connectivity index (χ0) is 9.68. The maximum Gasteiger partial charge on any atom is 0.0459 e. The van der Waals surface area contributed by atoms with Gasteiger partial charge in [-0.3, -0.25) is 0 Å². The first kappa shape index (κ1) is 11.0. The predicted octanol–water partition coefficient (Wildman–Crippen LogP) is 3.22. The van der Waals surface area contributed by atoms with Gasteiger partial charge in [0.15, 0.2) is 0 Å². The van der Waals surface area contributed by atoms with Gasteiger partial charge in [0.25, 0.3) is 0 Å². The van der Waals surface area contributed by atoms with E-state index in [1.807, 2.05) is 0 Å². The van der Waals surface area contributed by atoms with Crippen molar-refractivity contribution in [3.63, 3.8) is 0 Å². The minimum atomic E-state index is 0.413. The van der Waals surface area contributed by atoms with E-state index in [9.17, 15) is 0 Å². The van der Waals surface area contributed by atoms with Gasteiger partial charge in [-0.15, -0.1) is 0 Å². The Labute approximate surface area is 82.5 Å². The topological polar surface area (TPSA) is 20.2 Å². The van der Waals surface area contributed by atoms with E-state index in [1.54, 1.807) is 0 Å². The third-order valence-electron chi connectivity index (χ3n) is 3.66. The Kier molecular flexibility index (Phi) is 4.79. The van der Waals surface area contributed by atoms with Gasteiger partial charge in [0.1, 0.15) is 0 Å². The Hall–Kier alpha value is -0.0400. The first-order valence-corrected chi connectivity index (χ1v) is 5.87. The van der Waals surface area contributed by atoms with Crippen molar-refractivity contribution in [3.8, 4) is 0 Å². The van der Waals surface area contributed by atoms with Crippen LogP contribution in [0.15, 0.2) is 0 Å². The number of aliphatic hydroxyl groups is 1. The Morgan fingerprint density at radius 3 is 2.15 bits per heavy atom. The van der Waals surface area contributed by atoms with Crippen LogP contribution in [-0.4, -0.2) is 11.7 Å². The fourth-order valence-corrected chi connectivity index (χ4v) is 2.39. The van der Waals surface area contributed by atoms with Gasteiger partial charge < -0.3 is 5.11 Å². The number of hydrogen-bond acceptors (Lipinski definition) is 1. The second kappa shape index (κ2) is 5.64. The highest BCUT2D eigenvalue weighted by Crippen LogP contribution is 2.32. The predicted molar refractivity (Wildman–Crippen MR) is 56.6 cm³/mol. The highest BCUT2D eigenvalue weighted by Gasteiger charge is 2.21. The quantitative estimate of drug-likeness (QED) is 0.711. The molecule has 0 radical (unpaired) electrons. The van der Waals surface area contributed by atoms with E-state index >= 15 is 0 Å². The molecule has 0 aromatic rings. The summed E-state index contributed by atoms with van der Waals surface area (Å²) in [7, 11) is 0. The fraction of sp³-hybridized carbons (Fsp3) is 1.00. The van der Waals surface area contributed by atoms with Crippen LogP contribution in [0.3, 0.4) is 0 Å². The fourth-order valence-electron chi connectivity index (χ4n) is 2.39. The van der Waals surface area contributed by atoms with Crippen LogP contribution in [0.5, 0.6) is 0 Å². The van der Waals surface area contributed by atoms with Crippen molar-refractivity contribution in [2.24, 2.45) is 17.8 Å². The standard InChI is InChI=1S/C12H24O/c1-3-10(2)8-11-4-6-12(9-13)7-5-11/h10-13H,3-9H2,1-2H3/t10?,11-,12-. The molecule has 0 aromatic heterocycles. The highest BCUT2D eigenvalue weighted by atomic mass is 16.3. The minimum Gasteiger partial charge on any atom is -0.396 e. The van der Waals surface area contributed by atoms with Crippen LogP contribution in [0, 0.1) is 17.8 Å². The molecule has 0 spiro atoms. The molecule has 1 heteroatoms. The van der Waals surface area contributed by atoms with Crippen LogP contribution < -0.4 is 0 Å². The SMILES string of the molecule is CCC(C)C[C@H]1CC[C@H](CO)CC1. The molecule has 1 saturated carbocycles. The molecule has 1 nitrogen and oxygen atoms in total. The number of rotatable bonds is 4. The zero-order valence-corrected chi connectivity index (χ0v) is 9.13. The molecule has 78 valence electrons. The molecule has 1 N–H and O–H groups in total. The third-order valence-corrected chi connectivity index (χ3v) is 3.66. The molecule has 0 bridgehead atoms. The second-order valence-corrected chi connectivity index (χ2v) is 4.82. The number of hydrogen-bond donors (Lipinski definition) is 1. The first-order chi connectivity index (χ1) is 6.26. The van der Waals surface area contributed by atoms with E-state index < -0.39 is 0 Å². The van der Waals surface area contributed by atoms with E-state index in [2.05, 4.69) is 13.8 Å². The van der Waals surface area contributed by atoms with Crippen molar-refractivity contribution in [1.29, 1.82) is 0 Å². The lowest BCUT2D eigenvalue weighted by Crippen LogP contribution is -2.18. The summed E-state index contributed by atoms with van der Waals surface area (Å²) < 4.78 is 0. The molecule has 1 fully saturated rings. The summed E-state index contributed by atoms with van der Waals surface area (Å²) >= 11 is 0. The Morgan fingerprint density at radius 1 is 1.15 bits per heavy atom. The van der Waals surface area contributed by atoms with Crippen LogP contribution in [0.2, 0.25) is 0 Å². The first-order valence-electron chi connectivity index (χ1n) is 5.87. The lowest BCUT2D eigenvalue weighted by atomic mass is 9.78. The van der Waals surface area contributed by atoms with Crippen LogP contribution in [-0.2, 0) is 0 Å². The molecule has 13 heavy (non-hydrogen) atoms. The Bertz CT molecular complexity index is 125. The van der Waals surface area contributed by atoms with E-state index in [4.69, 9.17) is 5.11 Å².